The maximum Gasteiger partial charge on any atom is 0.327 e. The Hall–Kier alpha value is -2.90. The van der Waals surface area contributed by atoms with Gasteiger partial charge in [0.05, 0.1) is 0 Å². The monoisotopic (exact) mass is 375 g/mol. The second kappa shape index (κ2) is 7.38. The molecule has 1 fully saturated rings. The number of nitrogens with zero attached hydrogens (tertiary/aromatic N) is 1. The Balaban J connectivity index is 2.03. The van der Waals surface area contributed by atoms with Crippen LogP contribution in [0.3, 0.4) is 0 Å². The van der Waals surface area contributed by atoms with Crippen molar-refractivity contribution in [1.29, 1.82) is 0 Å². The molecule has 1 heterocycles. The standard InChI is InChI=1S/C19H25N3O5/c1-12(15(24)20-18(2,3)4)27-14(23)11-22-16(25)19(5,21-17(22)26)13-9-7-6-8-10-13/h6-10,12H,11H2,1-5H3,(H,20,24)(H,21,26)/t12-,19+/m0/s1. The summed E-state index contributed by atoms with van der Waals surface area (Å²) in [6.45, 7) is 7.84. The summed E-state index contributed by atoms with van der Waals surface area (Å²) >= 11 is 0. The smallest absolute Gasteiger partial charge is 0.327 e. The molecule has 0 radical (unpaired) electrons. The Morgan fingerprint density at radius 3 is 2.37 bits per heavy atom. The van der Waals surface area contributed by atoms with Crippen LogP contribution in [-0.2, 0) is 24.7 Å². The van der Waals surface area contributed by atoms with Crippen LogP contribution in [0.5, 0.6) is 0 Å². The van der Waals surface area contributed by atoms with Crippen molar-refractivity contribution in [1.82, 2.24) is 15.5 Å². The number of urea groups is 1. The number of imide groups is 1. The van der Waals surface area contributed by atoms with Crippen molar-refractivity contribution in [3.8, 4) is 0 Å². The maximum absolute atomic E-state index is 12.7. The average molecular weight is 375 g/mol. The van der Waals surface area contributed by atoms with Gasteiger partial charge >= 0.3 is 12.0 Å². The van der Waals surface area contributed by atoms with E-state index in [1.807, 2.05) is 0 Å². The number of ether oxygens (including phenoxy) is 1. The SMILES string of the molecule is C[C@H](OC(=O)CN1C(=O)N[C@](C)(c2ccccc2)C1=O)C(=O)NC(C)(C)C. The number of nitrogens with one attached hydrogen (secondary N) is 2. The molecule has 8 heteroatoms. The van der Waals surface area contributed by atoms with E-state index in [4.69, 9.17) is 4.74 Å². The summed E-state index contributed by atoms with van der Waals surface area (Å²) in [4.78, 5) is 49.9. The molecule has 0 aliphatic carbocycles. The third-order valence-corrected chi connectivity index (χ3v) is 4.09. The predicted molar refractivity (Wildman–Crippen MR) is 97.5 cm³/mol. The third-order valence-electron chi connectivity index (χ3n) is 4.09. The molecule has 0 saturated carbocycles. The van der Waals surface area contributed by atoms with Crippen LogP contribution in [0.1, 0.15) is 40.2 Å². The lowest BCUT2D eigenvalue weighted by atomic mass is 9.92. The molecule has 0 spiro atoms. The van der Waals surface area contributed by atoms with E-state index in [1.54, 1.807) is 58.0 Å². The van der Waals surface area contributed by atoms with E-state index in [0.717, 1.165) is 4.90 Å². The molecule has 0 aromatic heterocycles. The fourth-order valence-electron chi connectivity index (χ4n) is 2.70. The van der Waals surface area contributed by atoms with Crippen LogP contribution in [0.2, 0.25) is 0 Å². The first-order valence-corrected chi connectivity index (χ1v) is 8.65. The van der Waals surface area contributed by atoms with Gasteiger partial charge in [-0.2, -0.15) is 0 Å². The van der Waals surface area contributed by atoms with Gasteiger partial charge in [0.15, 0.2) is 6.10 Å². The average Bonchev–Trinajstić information content (AvgIpc) is 2.78. The van der Waals surface area contributed by atoms with Gasteiger partial charge in [0.1, 0.15) is 12.1 Å². The quantitative estimate of drug-likeness (QED) is 0.596. The number of rotatable bonds is 5. The van der Waals surface area contributed by atoms with Gasteiger partial charge in [0.2, 0.25) is 0 Å². The normalized spacial score (nSPS) is 20.9. The molecule has 2 rings (SSSR count). The number of carbonyl (C=O) groups excluding carboxylic acids is 4. The van der Waals surface area contributed by atoms with Gasteiger partial charge in [-0.3, -0.25) is 19.3 Å². The summed E-state index contributed by atoms with van der Waals surface area (Å²) < 4.78 is 5.07. The zero-order valence-electron chi connectivity index (χ0n) is 16.2. The molecule has 1 aromatic carbocycles. The van der Waals surface area contributed by atoms with Crippen LogP contribution >= 0.6 is 0 Å². The number of carbonyl (C=O) groups is 4. The summed E-state index contributed by atoms with van der Waals surface area (Å²) in [6.07, 6.45) is -1.04. The molecule has 2 N–H and O–H groups in total. The molecule has 146 valence electrons. The van der Waals surface area contributed by atoms with Crippen molar-refractivity contribution in [3.05, 3.63) is 35.9 Å². The highest BCUT2D eigenvalue weighted by atomic mass is 16.5. The summed E-state index contributed by atoms with van der Waals surface area (Å²) in [5, 5.41) is 5.30. The first kappa shape index (κ1) is 20.4. The minimum Gasteiger partial charge on any atom is -0.451 e. The highest BCUT2D eigenvalue weighted by molar-refractivity contribution is 6.08. The van der Waals surface area contributed by atoms with Crippen LogP contribution in [0.15, 0.2) is 30.3 Å². The predicted octanol–water partition coefficient (Wildman–Crippen LogP) is 1.30. The minimum atomic E-state index is -1.26. The second-order valence-corrected chi connectivity index (χ2v) is 7.68. The van der Waals surface area contributed by atoms with Gasteiger partial charge < -0.3 is 15.4 Å². The molecular weight excluding hydrogens is 350 g/mol. The first-order chi connectivity index (χ1) is 12.4. The van der Waals surface area contributed by atoms with Crippen molar-refractivity contribution in [2.24, 2.45) is 0 Å². The van der Waals surface area contributed by atoms with Crippen LogP contribution in [-0.4, -0.2) is 46.9 Å². The number of benzene rings is 1. The first-order valence-electron chi connectivity index (χ1n) is 8.65. The van der Waals surface area contributed by atoms with Gasteiger partial charge in [-0.25, -0.2) is 4.79 Å². The molecule has 8 nitrogen and oxygen atoms in total. The molecular formula is C19H25N3O5. The van der Waals surface area contributed by atoms with Gasteiger partial charge in [-0.05, 0) is 40.2 Å². The fourth-order valence-corrected chi connectivity index (χ4v) is 2.70. The maximum atomic E-state index is 12.7. The van der Waals surface area contributed by atoms with E-state index in [1.165, 1.54) is 6.92 Å². The molecule has 4 amide bonds. The van der Waals surface area contributed by atoms with Crippen LogP contribution in [0.25, 0.3) is 0 Å². The number of esters is 1. The lowest BCUT2D eigenvalue weighted by molar-refractivity contribution is -0.157. The largest absolute Gasteiger partial charge is 0.451 e. The van der Waals surface area contributed by atoms with Gasteiger partial charge in [-0.15, -0.1) is 0 Å². The molecule has 0 unspecified atom stereocenters. The van der Waals surface area contributed by atoms with Crippen molar-refractivity contribution in [2.75, 3.05) is 6.54 Å². The summed E-state index contributed by atoms with van der Waals surface area (Å²) in [5.74, 6) is -1.85. The molecule has 1 aromatic rings. The van der Waals surface area contributed by atoms with E-state index in [2.05, 4.69) is 10.6 Å². The Morgan fingerprint density at radius 2 is 1.81 bits per heavy atom. The summed E-state index contributed by atoms with van der Waals surface area (Å²) in [6, 6.07) is 8.07. The Bertz CT molecular complexity index is 756. The highest BCUT2D eigenvalue weighted by Gasteiger charge is 2.49. The minimum absolute atomic E-state index is 0.456. The van der Waals surface area contributed by atoms with E-state index in [9.17, 15) is 19.2 Å². The molecule has 2 atom stereocenters. The van der Waals surface area contributed by atoms with Crippen molar-refractivity contribution >= 4 is 23.8 Å². The lowest BCUT2D eigenvalue weighted by Crippen LogP contribution is -2.47. The fraction of sp³-hybridized carbons (Fsp3) is 0.474. The Morgan fingerprint density at radius 1 is 1.22 bits per heavy atom. The molecule has 0 bridgehead atoms. The molecule has 1 aliphatic rings. The topological polar surface area (TPSA) is 105 Å². The van der Waals surface area contributed by atoms with E-state index < -0.39 is 47.5 Å². The second-order valence-electron chi connectivity index (χ2n) is 7.68. The van der Waals surface area contributed by atoms with Crippen LogP contribution in [0, 0.1) is 0 Å². The van der Waals surface area contributed by atoms with E-state index in [-0.39, 0.29) is 0 Å². The van der Waals surface area contributed by atoms with Gasteiger partial charge in [0, 0.05) is 5.54 Å². The van der Waals surface area contributed by atoms with E-state index >= 15 is 0 Å². The van der Waals surface area contributed by atoms with Crippen LogP contribution in [0.4, 0.5) is 4.79 Å². The van der Waals surface area contributed by atoms with E-state index in [0.29, 0.717) is 5.56 Å². The molecule has 27 heavy (non-hydrogen) atoms. The third kappa shape index (κ3) is 4.64. The number of amides is 4. The number of hydrogen-bond donors (Lipinski definition) is 2. The molecule has 1 aliphatic heterocycles. The molecule has 1 saturated heterocycles. The van der Waals surface area contributed by atoms with Gasteiger partial charge in [-0.1, -0.05) is 30.3 Å². The summed E-state index contributed by atoms with van der Waals surface area (Å²) in [5.41, 5.74) is -1.12. The van der Waals surface area contributed by atoms with Crippen molar-refractivity contribution in [2.45, 2.75) is 51.8 Å². The zero-order chi connectivity index (χ0) is 20.4. The lowest BCUT2D eigenvalue weighted by Gasteiger charge is -2.24. The number of hydrogen-bond acceptors (Lipinski definition) is 5. The van der Waals surface area contributed by atoms with Crippen molar-refractivity contribution < 1.29 is 23.9 Å². The Kier molecular flexibility index (Phi) is 5.58. The Labute approximate surface area is 158 Å². The van der Waals surface area contributed by atoms with Gasteiger partial charge in [0.25, 0.3) is 11.8 Å². The van der Waals surface area contributed by atoms with Crippen LogP contribution < -0.4 is 10.6 Å². The zero-order valence-corrected chi connectivity index (χ0v) is 16.2. The highest BCUT2D eigenvalue weighted by Crippen LogP contribution is 2.28. The summed E-state index contributed by atoms with van der Waals surface area (Å²) in [7, 11) is 0. The van der Waals surface area contributed by atoms with Crippen molar-refractivity contribution in [3.63, 3.8) is 0 Å².